The zero-order valence-electron chi connectivity index (χ0n) is 19.9. The van der Waals surface area contributed by atoms with Gasteiger partial charge in [0.25, 0.3) is 5.91 Å². The molecule has 2 amide bonds. The van der Waals surface area contributed by atoms with Crippen LogP contribution in [0.1, 0.15) is 56.6 Å². The molecular formula is C26H31N5O3. The molecule has 8 nitrogen and oxygen atoms in total. The number of pyridine rings is 2. The summed E-state index contributed by atoms with van der Waals surface area (Å²) in [6, 6.07) is 6.13. The van der Waals surface area contributed by atoms with Crippen LogP contribution in [-0.2, 0) is 9.59 Å². The molecule has 0 saturated heterocycles. The SMILES string of the molecule is Cc1ccc(-c2cnc(NC(=O)CN3CCCC4=C3C(=O)N(C3CC3)C4O)c(C(C)C)c2)nc1. The van der Waals surface area contributed by atoms with Crippen molar-refractivity contribution in [3.8, 4) is 11.3 Å². The van der Waals surface area contributed by atoms with E-state index in [1.165, 1.54) is 0 Å². The molecule has 1 unspecified atom stereocenters. The van der Waals surface area contributed by atoms with Gasteiger partial charge in [-0.05, 0) is 61.8 Å². The normalized spacial score (nSPS) is 20.3. The Morgan fingerprint density at radius 1 is 1.24 bits per heavy atom. The molecule has 1 aliphatic carbocycles. The van der Waals surface area contributed by atoms with Crippen molar-refractivity contribution in [3.63, 3.8) is 0 Å². The number of nitrogens with one attached hydrogen (secondary N) is 1. The fourth-order valence-corrected chi connectivity index (χ4v) is 4.85. The van der Waals surface area contributed by atoms with E-state index >= 15 is 0 Å². The van der Waals surface area contributed by atoms with Crippen molar-refractivity contribution in [3.05, 3.63) is 53.0 Å². The van der Waals surface area contributed by atoms with Gasteiger partial charge in [-0.15, -0.1) is 0 Å². The van der Waals surface area contributed by atoms with Crippen LogP contribution in [0.15, 0.2) is 41.9 Å². The number of anilines is 1. The topological polar surface area (TPSA) is 98.7 Å². The van der Waals surface area contributed by atoms with Gasteiger partial charge in [0.1, 0.15) is 11.5 Å². The molecule has 2 N–H and O–H groups in total. The van der Waals surface area contributed by atoms with E-state index in [2.05, 4.69) is 29.1 Å². The molecule has 1 saturated carbocycles. The summed E-state index contributed by atoms with van der Waals surface area (Å²) < 4.78 is 0. The highest BCUT2D eigenvalue weighted by Crippen LogP contribution is 2.40. The van der Waals surface area contributed by atoms with E-state index in [1.807, 2.05) is 36.2 Å². The molecule has 34 heavy (non-hydrogen) atoms. The van der Waals surface area contributed by atoms with Gasteiger partial charge in [0.2, 0.25) is 5.91 Å². The number of aliphatic hydroxyl groups is 1. The third-order valence-corrected chi connectivity index (χ3v) is 6.79. The molecule has 8 heteroatoms. The third kappa shape index (κ3) is 4.18. The van der Waals surface area contributed by atoms with Crippen molar-refractivity contribution in [1.82, 2.24) is 19.8 Å². The molecule has 1 fully saturated rings. The number of hydrogen-bond donors (Lipinski definition) is 2. The molecule has 0 aromatic carbocycles. The van der Waals surface area contributed by atoms with Crippen molar-refractivity contribution < 1.29 is 14.7 Å². The first-order chi connectivity index (χ1) is 16.3. The van der Waals surface area contributed by atoms with Crippen molar-refractivity contribution in [1.29, 1.82) is 0 Å². The van der Waals surface area contributed by atoms with Crippen LogP contribution in [0.4, 0.5) is 5.82 Å². The Hall–Kier alpha value is -3.26. The monoisotopic (exact) mass is 461 g/mol. The number of carbonyl (C=O) groups is 2. The Kier molecular flexibility index (Phi) is 5.85. The quantitative estimate of drug-likeness (QED) is 0.686. The average molecular weight is 462 g/mol. The number of carbonyl (C=O) groups excluding carboxylic acids is 2. The van der Waals surface area contributed by atoms with Gasteiger partial charge in [0.15, 0.2) is 6.23 Å². The molecule has 0 bridgehead atoms. The van der Waals surface area contributed by atoms with Crippen molar-refractivity contribution in [2.45, 2.75) is 64.6 Å². The molecule has 2 aliphatic heterocycles. The van der Waals surface area contributed by atoms with Crippen molar-refractivity contribution >= 4 is 17.6 Å². The molecule has 178 valence electrons. The second-order valence-electron chi connectivity index (χ2n) is 9.80. The maximum absolute atomic E-state index is 13.0. The van der Waals surface area contributed by atoms with Crippen LogP contribution in [-0.4, -0.2) is 62.0 Å². The van der Waals surface area contributed by atoms with Crippen LogP contribution >= 0.6 is 0 Å². The minimum absolute atomic E-state index is 0.0519. The van der Waals surface area contributed by atoms with E-state index in [0.29, 0.717) is 24.5 Å². The molecule has 0 radical (unpaired) electrons. The van der Waals surface area contributed by atoms with E-state index in [-0.39, 0.29) is 30.3 Å². The van der Waals surface area contributed by atoms with Gasteiger partial charge in [0, 0.05) is 36.1 Å². The van der Waals surface area contributed by atoms with Crippen LogP contribution in [0, 0.1) is 6.92 Å². The van der Waals surface area contributed by atoms with Gasteiger partial charge in [-0.2, -0.15) is 0 Å². The van der Waals surface area contributed by atoms with Gasteiger partial charge in [-0.1, -0.05) is 19.9 Å². The Morgan fingerprint density at radius 3 is 2.71 bits per heavy atom. The van der Waals surface area contributed by atoms with E-state index < -0.39 is 6.23 Å². The second-order valence-corrected chi connectivity index (χ2v) is 9.80. The third-order valence-electron chi connectivity index (χ3n) is 6.79. The highest BCUT2D eigenvalue weighted by atomic mass is 16.3. The summed E-state index contributed by atoms with van der Waals surface area (Å²) in [7, 11) is 0. The standard InChI is InChI=1S/C26H31N5O3/c1-15(2)20-11-17(21-9-6-16(3)12-27-21)13-28-24(20)29-22(32)14-30-10-4-5-19-23(30)26(34)31(25(19)33)18-7-8-18/h6,9,11-13,15,18,25,33H,4-5,7-8,10,14H2,1-3H3,(H,28,29,32). The maximum atomic E-state index is 13.0. The van der Waals surface area contributed by atoms with Crippen molar-refractivity contribution in [2.75, 3.05) is 18.4 Å². The first-order valence-electron chi connectivity index (χ1n) is 12.0. The predicted molar refractivity (Wildman–Crippen MR) is 129 cm³/mol. The molecule has 3 aliphatic rings. The van der Waals surface area contributed by atoms with Gasteiger partial charge in [-0.3, -0.25) is 14.6 Å². The van der Waals surface area contributed by atoms with E-state index in [1.54, 1.807) is 11.1 Å². The first-order valence-corrected chi connectivity index (χ1v) is 12.0. The summed E-state index contributed by atoms with van der Waals surface area (Å²) in [5, 5.41) is 13.6. The van der Waals surface area contributed by atoms with E-state index in [4.69, 9.17) is 0 Å². The Bertz CT molecular complexity index is 1150. The highest BCUT2D eigenvalue weighted by Gasteiger charge is 2.48. The number of aliphatic hydroxyl groups excluding tert-OH is 1. The number of rotatable bonds is 6. The molecule has 0 spiro atoms. The highest BCUT2D eigenvalue weighted by molar-refractivity contribution is 5.99. The summed E-state index contributed by atoms with van der Waals surface area (Å²) in [6.07, 6.45) is 6.07. The Morgan fingerprint density at radius 2 is 2.03 bits per heavy atom. The number of amides is 2. The minimum Gasteiger partial charge on any atom is -0.369 e. The Balaban J connectivity index is 1.33. The maximum Gasteiger partial charge on any atom is 0.272 e. The Labute approximate surface area is 199 Å². The van der Waals surface area contributed by atoms with Crippen LogP contribution in [0.3, 0.4) is 0 Å². The number of aromatic nitrogens is 2. The largest absolute Gasteiger partial charge is 0.369 e. The summed E-state index contributed by atoms with van der Waals surface area (Å²) >= 11 is 0. The smallest absolute Gasteiger partial charge is 0.272 e. The number of nitrogens with zero attached hydrogens (tertiary/aromatic N) is 4. The second kappa shape index (κ2) is 8.83. The van der Waals surface area contributed by atoms with Crippen LogP contribution < -0.4 is 5.32 Å². The van der Waals surface area contributed by atoms with Crippen LogP contribution in [0.5, 0.6) is 0 Å². The van der Waals surface area contributed by atoms with Gasteiger partial charge in [0.05, 0.1) is 12.2 Å². The number of aryl methyl sites for hydroxylation is 1. The first kappa shape index (κ1) is 22.5. The fraction of sp³-hybridized carbons (Fsp3) is 0.462. The summed E-state index contributed by atoms with van der Waals surface area (Å²) in [5.41, 5.74) is 5.03. The lowest BCUT2D eigenvalue weighted by Crippen LogP contribution is -2.40. The predicted octanol–water partition coefficient (Wildman–Crippen LogP) is 3.19. The van der Waals surface area contributed by atoms with E-state index in [0.717, 1.165) is 47.2 Å². The molecule has 2 aromatic rings. The molecular weight excluding hydrogens is 430 g/mol. The number of hydrogen-bond acceptors (Lipinski definition) is 6. The summed E-state index contributed by atoms with van der Waals surface area (Å²) in [6.45, 7) is 6.79. The van der Waals surface area contributed by atoms with Gasteiger partial charge < -0.3 is 20.2 Å². The van der Waals surface area contributed by atoms with E-state index in [9.17, 15) is 14.7 Å². The van der Waals surface area contributed by atoms with Crippen LogP contribution in [0.25, 0.3) is 11.3 Å². The van der Waals surface area contributed by atoms with Gasteiger partial charge in [-0.25, -0.2) is 4.98 Å². The average Bonchev–Trinajstić information content (AvgIpc) is 3.60. The molecule has 2 aromatic heterocycles. The zero-order chi connectivity index (χ0) is 24.0. The molecule has 5 rings (SSSR count). The fourth-order valence-electron chi connectivity index (χ4n) is 4.85. The van der Waals surface area contributed by atoms with Gasteiger partial charge >= 0.3 is 0 Å². The molecule has 4 heterocycles. The lowest BCUT2D eigenvalue weighted by molar-refractivity contribution is -0.133. The minimum atomic E-state index is -0.849. The van der Waals surface area contributed by atoms with Crippen molar-refractivity contribution in [2.24, 2.45) is 0 Å². The lowest BCUT2D eigenvalue weighted by atomic mass is 10.0. The summed E-state index contributed by atoms with van der Waals surface area (Å²) in [5.74, 6) is 0.306. The molecule has 1 atom stereocenters. The van der Waals surface area contributed by atoms with Crippen LogP contribution in [0.2, 0.25) is 0 Å². The lowest BCUT2D eigenvalue weighted by Gasteiger charge is -2.29. The summed E-state index contributed by atoms with van der Waals surface area (Å²) in [4.78, 5) is 38.5. The zero-order valence-corrected chi connectivity index (χ0v) is 19.9.